The van der Waals surface area contributed by atoms with Crippen molar-refractivity contribution in [2.75, 3.05) is 19.6 Å². The summed E-state index contributed by atoms with van der Waals surface area (Å²) in [5.41, 5.74) is 0.716. The molecule has 128 valence electrons. The summed E-state index contributed by atoms with van der Waals surface area (Å²) in [7, 11) is 0. The molecule has 6 heteroatoms. The van der Waals surface area contributed by atoms with E-state index in [9.17, 15) is 9.90 Å². The molecule has 1 aromatic carbocycles. The highest BCUT2D eigenvalue weighted by atomic mass is 79.9. The minimum atomic E-state index is -0.391. The fourth-order valence-corrected chi connectivity index (χ4v) is 3.98. The molecule has 2 atom stereocenters. The maximum Gasteiger partial charge on any atom is 0.230 e. The smallest absolute Gasteiger partial charge is 0.230 e. The van der Waals surface area contributed by atoms with Crippen LogP contribution in [0.5, 0.6) is 0 Å². The number of aliphatic hydroxyl groups excluding tert-OH is 1. The number of hydrogen-bond donors (Lipinski definition) is 3. The van der Waals surface area contributed by atoms with Gasteiger partial charge in [-0.05, 0) is 30.5 Å². The van der Waals surface area contributed by atoms with Gasteiger partial charge in [0.15, 0.2) is 0 Å². The maximum absolute atomic E-state index is 12.9. The van der Waals surface area contributed by atoms with Crippen LogP contribution in [0.3, 0.4) is 0 Å². The van der Waals surface area contributed by atoms with E-state index in [-0.39, 0.29) is 30.3 Å². The van der Waals surface area contributed by atoms with E-state index in [1.54, 1.807) is 0 Å². The highest BCUT2D eigenvalue weighted by Crippen LogP contribution is 2.41. The number of rotatable bonds is 4. The molecular formula is C17H24BrClN2O2. The zero-order chi connectivity index (χ0) is 15.6. The largest absolute Gasteiger partial charge is 0.391 e. The van der Waals surface area contributed by atoms with Gasteiger partial charge in [0.05, 0.1) is 11.5 Å². The van der Waals surface area contributed by atoms with Crippen molar-refractivity contribution in [1.82, 2.24) is 10.6 Å². The third kappa shape index (κ3) is 3.90. The van der Waals surface area contributed by atoms with Gasteiger partial charge < -0.3 is 15.7 Å². The van der Waals surface area contributed by atoms with Crippen molar-refractivity contribution >= 4 is 34.2 Å². The van der Waals surface area contributed by atoms with Crippen molar-refractivity contribution in [2.45, 2.75) is 37.2 Å². The van der Waals surface area contributed by atoms with Crippen LogP contribution in [-0.4, -0.2) is 36.8 Å². The summed E-state index contributed by atoms with van der Waals surface area (Å²) in [6, 6.07) is 8.13. The second kappa shape index (κ2) is 7.97. The Bertz CT molecular complexity index is 532. The van der Waals surface area contributed by atoms with E-state index in [0.717, 1.165) is 42.3 Å². The summed E-state index contributed by atoms with van der Waals surface area (Å²) >= 11 is 3.46. The van der Waals surface area contributed by atoms with Gasteiger partial charge in [-0.25, -0.2) is 0 Å². The molecule has 1 heterocycles. The summed E-state index contributed by atoms with van der Waals surface area (Å²) in [5.74, 6) is 0.235. The van der Waals surface area contributed by atoms with Crippen molar-refractivity contribution in [3.8, 4) is 0 Å². The van der Waals surface area contributed by atoms with Crippen molar-refractivity contribution in [3.63, 3.8) is 0 Å². The van der Waals surface area contributed by atoms with Gasteiger partial charge in [-0.15, -0.1) is 12.4 Å². The van der Waals surface area contributed by atoms with E-state index in [1.807, 2.05) is 12.1 Å². The number of halogens is 2. The first-order chi connectivity index (χ1) is 10.6. The van der Waals surface area contributed by atoms with Crippen LogP contribution in [0.25, 0.3) is 0 Å². The van der Waals surface area contributed by atoms with Crippen LogP contribution in [-0.2, 0) is 10.2 Å². The first kappa shape index (κ1) is 18.7. The Morgan fingerprint density at radius 1 is 1.26 bits per heavy atom. The average Bonchev–Trinajstić information content (AvgIpc) is 3.15. The molecule has 0 bridgehead atoms. The van der Waals surface area contributed by atoms with Crippen LogP contribution < -0.4 is 10.6 Å². The van der Waals surface area contributed by atoms with Gasteiger partial charge in [-0.1, -0.05) is 40.9 Å². The molecule has 1 aromatic rings. The molecule has 1 saturated heterocycles. The molecular weight excluding hydrogens is 380 g/mol. The van der Waals surface area contributed by atoms with Gasteiger partial charge in [0.25, 0.3) is 0 Å². The summed E-state index contributed by atoms with van der Waals surface area (Å²) in [6.07, 6.45) is 3.65. The Morgan fingerprint density at radius 3 is 2.48 bits per heavy atom. The number of nitrogens with one attached hydrogen (secondary N) is 2. The summed E-state index contributed by atoms with van der Waals surface area (Å²) in [4.78, 5) is 12.9. The quantitative estimate of drug-likeness (QED) is 0.723. The Balaban J connectivity index is 0.00000192. The molecule has 0 spiro atoms. The number of aliphatic hydroxyl groups is 1. The highest BCUT2D eigenvalue weighted by Gasteiger charge is 2.42. The van der Waals surface area contributed by atoms with Gasteiger partial charge in [-0.2, -0.15) is 0 Å². The Kier molecular flexibility index (Phi) is 6.48. The SMILES string of the molecule is Cl.O=C(NCC1CNCC1O)C1(c2ccc(Br)cc2)CCCC1. The number of benzene rings is 1. The molecule has 1 aliphatic carbocycles. The fraction of sp³-hybridized carbons (Fsp3) is 0.588. The predicted molar refractivity (Wildman–Crippen MR) is 96.9 cm³/mol. The van der Waals surface area contributed by atoms with Crippen molar-refractivity contribution in [1.29, 1.82) is 0 Å². The van der Waals surface area contributed by atoms with Gasteiger partial charge in [0, 0.05) is 30.0 Å². The molecule has 1 aliphatic heterocycles. The van der Waals surface area contributed by atoms with E-state index in [4.69, 9.17) is 0 Å². The van der Waals surface area contributed by atoms with Crippen LogP contribution >= 0.6 is 28.3 Å². The molecule has 0 radical (unpaired) electrons. The average molecular weight is 404 g/mol. The first-order valence-electron chi connectivity index (χ1n) is 8.05. The number of carbonyl (C=O) groups excluding carboxylic acids is 1. The lowest BCUT2D eigenvalue weighted by Crippen LogP contribution is -2.45. The lowest BCUT2D eigenvalue weighted by Gasteiger charge is -2.29. The zero-order valence-electron chi connectivity index (χ0n) is 13.1. The molecule has 1 amide bonds. The molecule has 2 aliphatic rings. The minimum Gasteiger partial charge on any atom is -0.391 e. The molecule has 3 N–H and O–H groups in total. The Hall–Kier alpha value is -0.620. The van der Waals surface area contributed by atoms with E-state index in [0.29, 0.717) is 13.1 Å². The predicted octanol–water partition coefficient (Wildman–Crippen LogP) is 2.38. The topological polar surface area (TPSA) is 61.4 Å². The number of hydrogen-bond acceptors (Lipinski definition) is 3. The van der Waals surface area contributed by atoms with Crippen molar-refractivity contribution in [3.05, 3.63) is 34.3 Å². The molecule has 1 saturated carbocycles. The number of β-amino-alcohol motifs (C(OH)–C–C–N with tert-alkyl or cyclic N) is 1. The van der Waals surface area contributed by atoms with Crippen molar-refractivity contribution in [2.24, 2.45) is 5.92 Å². The molecule has 2 unspecified atom stereocenters. The molecule has 4 nitrogen and oxygen atoms in total. The van der Waals surface area contributed by atoms with E-state index in [1.165, 1.54) is 0 Å². The fourth-order valence-electron chi connectivity index (χ4n) is 3.71. The third-order valence-corrected chi connectivity index (χ3v) is 5.65. The van der Waals surface area contributed by atoms with Crippen LogP contribution in [0, 0.1) is 5.92 Å². The lowest BCUT2D eigenvalue weighted by molar-refractivity contribution is -0.126. The number of amides is 1. The monoisotopic (exact) mass is 402 g/mol. The van der Waals surface area contributed by atoms with E-state index >= 15 is 0 Å². The summed E-state index contributed by atoms with van der Waals surface area (Å²) in [6.45, 7) is 1.94. The normalized spacial score (nSPS) is 25.8. The van der Waals surface area contributed by atoms with Crippen LogP contribution in [0.2, 0.25) is 0 Å². The molecule has 0 aromatic heterocycles. The van der Waals surface area contributed by atoms with Gasteiger partial charge >= 0.3 is 0 Å². The minimum absolute atomic E-state index is 0. The van der Waals surface area contributed by atoms with Gasteiger partial charge in [-0.3, -0.25) is 4.79 Å². The zero-order valence-corrected chi connectivity index (χ0v) is 15.5. The third-order valence-electron chi connectivity index (χ3n) is 5.12. The second-order valence-corrected chi connectivity index (χ2v) is 7.41. The standard InChI is InChI=1S/C17H23BrN2O2.ClH/c18-14-5-3-13(4-6-14)17(7-1-2-8-17)16(22)20-10-12-9-19-11-15(12)21;/h3-6,12,15,19,21H,1-2,7-11H2,(H,20,22);1H. The van der Waals surface area contributed by atoms with Gasteiger partial charge in [0.1, 0.15) is 0 Å². The first-order valence-corrected chi connectivity index (χ1v) is 8.84. The summed E-state index contributed by atoms with van der Waals surface area (Å²) < 4.78 is 1.03. The Labute approximate surface area is 152 Å². The summed E-state index contributed by atoms with van der Waals surface area (Å²) in [5, 5.41) is 16.1. The lowest BCUT2D eigenvalue weighted by atomic mass is 9.78. The van der Waals surface area contributed by atoms with E-state index in [2.05, 4.69) is 38.7 Å². The molecule has 2 fully saturated rings. The van der Waals surface area contributed by atoms with Crippen LogP contribution in [0.1, 0.15) is 31.2 Å². The second-order valence-electron chi connectivity index (χ2n) is 6.49. The highest BCUT2D eigenvalue weighted by molar-refractivity contribution is 9.10. The van der Waals surface area contributed by atoms with Crippen LogP contribution in [0.15, 0.2) is 28.7 Å². The molecule has 23 heavy (non-hydrogen) atoms. The van der Waals surface area contributed by atoms with Crippen molar-refractivity contribution < 1.29 is 9.90 Å². The number of carbonyl (C=O) groups is 1. The van der Waals surface area contributed by atoms with Gasteiger partial charge in [0.2, 0.25) is 5.91 Å². The van der Waals surface area contributed by atoms with E-state index < -0.39 is 5.41 Å². The Morgan fingerprint density at radius 2 is 1.91 bits per heavy atom. The molecule has 3 rings (SSSR count). The maximum atomic E-state index is 12.9. The van der Waals surface area contributed by atoms with Crippen LogP contribution in [0.4, 0.5) is 0 Å².